The van der Waals surface area contributed by atoms with E-state index in [1.807, 2.05) is 43.5 Å². The Balaban J connectivity index is 1.69. The molecule has 11 heteroatoms. The van der Waals surface area contributed by atoms with Gasteiger partial charge in [-0.3, -0.25) is 10.1 Å². The van der Waals surface area contributed by atoms with Crippen molar-refractivity contribution in [3.63, 3.8) is 0 Å². The molecule has 0 atom stereocenters. The third-order valence-corrected chi connectivity index (χ3v) is 5.99. The highest BCUT2D eigenvalue weighted by Crippen LogP contribution is 2.37. The molecule has 1 heterocycles. The number of methoxy groups -OCH3 is 1. The molecule has 1 aromatic heterocycles. The molecule has 0 radical (unpaired) electrons. The van der Waals surface area contributed by atoms with Gasteiger partial charge in [0.15, 0.2) is 11.5 Å². The second-order valence-electron chi connectivity index (χ2n) is 6.71. The lowest BCUT2D eigenvalue weighted by Gasteiger charge is -2.14. The predicted molar refractivity (Wildman–Crippen MR) is 134 cm³/mol. The Morgan fingerprint density at radius 1 is 1.26 bits per heavy atom. The minimum Gasteiger partial charge on any atom is -0.493 e. The highest BCUT2D eigenvalue weighted by atomic mass is 35.5. The van der Waals surface area contributed by atoms with Crippen LogP contribution in [0.3, 0.4) is 0 Å². The first-order valence-electron chi connectivity index (χ1n) is 9.94. The van der Waals surface area contributed by atoms with Gasteiger partial charge < -0.3 is 14.2 Å². The maximum Gasteiger partial charge on any atom is 0.268 e. The van der Waals surface area contributed by atoms with Crippen LogP contribution < -0.4 is 19.5 Å². The van der Waals surface area contributed by atoms with E-state index in [4.69, 9.17) is 25.8 Å². The monoisotopic (exact) mass is 516 g/mol. The number of aromatic nitrogens is 2. The Bertz CT molecular complexity index is 1240. The van der Waals surface area contributed by atoms with E-state index in [9.17, 15) is 10.1 Å². The minimum absolute atomic E-state index is 0.126. The van der Waals surface area contributed by atoms with Crippen molar-refractivity contribution in [3.05, 3.63) is 58.1 Å². The van der Waals surface area contributed by atoms with Gasteiger partial charge in [0.25, 0.3) is 5.91 Å². The highest BCUT2D eigenvalue weighted by molar-refractivity contribution is 7.98. The summed E-state index contributed by atoms with van der Waals surface area (Å²) in [6.45, 7) is 2.52. The fourth-order valence-electron chi connectivity index (χ4n) is 2.80. The summed E-state index contributed by atoms with van der Waals surface area (Å²) >= 11 is 8.80. The van der Waals surface area contributed by atoms with Crippen LogP contribution in [0.15, 0.2) is 47.1 Å². The lowest BCUT2D eigenvalue weighted by atomic mass is 10.1. The van der Waals surface area contributed by atoms with Crippen molar-refractivity contribution in [1.82, 2.24) is 9.36 Å². The van der Waals surface area contributed by atoms with Gasteiger partial charge >= 0.3 is 0 Å². The smallest absolute Gasteiger partial charge is 0.268 e. The Morgan fingerprint density at radius 2 is 2.03 bits per heavy atom. The number of anilines is 1. The zero-order valence-corrected chi connectivity index (χ0v) is 21.0. The van der Waals surface area contributed by atoms with E-state index >= 15 is 0 Å². The Kier molecular flexibility index (Phi) is 9.16. The molecule has 0 fully saturated rings. The summed E-state index contributed by atoms with van der Waals surface area (Å²) in [6.07, 6.45) is 3.24. The van der Waals surface area contributed by atoms with Crippen LogP contribution in [0.4, 0.5) is 5.13 Å². The van der Waals surface area contributed by atoms with Gasteiger partial charge in [-0.1, -0.05) is 41.6 Å². The second-order valence-corrected chi connectivity index (χ2v) is 8.64. The van der Waals surface area contributed by atoms with E-state index in [1.54, 1.807) is 12.1 Å². The fraction of sp³-hybridized carbons (Fsp3) is 0.217. The van der Waals surface area contributed by atoms with Crippen molar-refractivity contribution in [2.24, 2.45) is 0 Å². The summed E-state index contributed by atoms with van der Waals surface area (Å²) in [4.78, 5) is 16.6. The number of nitriles is 1. The number of ether oxygens (including phenoxy) is 3. The average Bonchev–Trinajstić information content (AvgIpc) is 3.29. The van der Waals surface area contributed by atoms with E-state index in [2.05, 4.69) is 14.7 Å². The summed E-state index contributed by atoms with van der Waals surface area (Å²) in [7, 11) is 1.48. The Hall–Kier alpha value is -3.26. The van der Waals surface area contributed by atoms with Gasteiger partial charge in [-0.05, 0) is 48.6 Å². The lowest BCUT2D eigenvalue weighted by Crippen LogP contribution is -2.13. The van der Waals surface area contributed by atoms with Gasteiger partial charge in [0.2, 0.25) is 10.3 Å². The second kappa shape index (κ2) is 12.3. The molecular formula is C23H21ClN4O4S2. The van der Waals surface area contributed by atoms with Crippen molar-refractivity contribution in [3.8, 4) is 23.3 Å². The molecule has 176 valence electrons. The molecule has 0 bridgehead atoms. The Labute approximate surface area is 210 Å². The summed E-state index contributed by atoms with van der Waals surface area (Å²) in [5, 5.41) is 13.2. The highest BCUT2D eigenvalue weighted by Gasteiger charge is 2.16. The lowest BCUT2D eigenvalue weighted by molar-refractivity contribution is -0.112. The van der Waals surface area contributed by atoms with Crippen LogP contribution >= 0.6 is 34.9 Å². The number of aryl methyl sites for hydroxylation is 1. The first-order valence-corrected chi connectivity index (χ1v) is 12.3. The van der Waals surface area contributed by atoms with E-state index in [1.165, 1.54) is 24.9 Å². The molecule has 1 amide bonds. The fourth-order valence-corrected chi connectivity index (χ4v) is 4.20. The van der Waals surface area contributed by atoms with Crippen molar-refractivity contribution >= 4 is 52.0 Å². The number of para-hydroxylation sites is 1. The van der Waals surface area contributed by atoms with Crippen LogP contribution in [0, 0.1) is 18.3 Å². The molecular weight excluding hydrogens is 496 g/mol. The van der Waals surface area contributed by atoms with Crippen LogP contribution in [0.1, 0.15) is 11.1 Å². The van der Waals surface area contributed by atoms with E-state index < -0.39 is 5.91 Å². The number of benzene rings is 2. The molecule has 34 heavy (non-hydrogen) atoms. The number of nitrogens with one attached hydrogen (secondary N) is 1. The largest absolute Gasteiger partial charge is 0.493 e. The third kappa shape index (κ3) is 6.63. The minimum atomic E-state index is -0.602. The molecule has 3 aromatic rings. The number of halogens is 1. The molecule has 0 unspecified atom stereocenters. The standard InChI is InChI=1S/C23H21ClN4O4S2/c1-14-6-4-5-7-18(14)31-8-9-32-20-17(24)11-15(12-19(20)30-2)10-16(13-25)21(29)26-22-27-23(33-3)28-34-22/h4-7,10-12H,8-9H2,1-3H3,(H,26,27,28,29)/b16-10-. The molecule has 0 saturated carbocycles. The van der Waals surface area contributed by atoms with Crippen LogP contribution in [0.25, 0.3) is 6.08 Å². The van der Waals surface area contributed by atoms with Crippen molar-refractivity contribution in [2.75, 3.05) is 31.9 Å². The van der Waals surface area contributed by atoms with Crippen LogP contribution in [0.5, 0.6) is 17.2 Å². The number of carbonyl (C=O) groups excluding carboxylic acids is 1. The summed E-state index contributed by atoms with van der Waals surface area (Å²) in [5.74, 6) is 0.887. The quantitative estimate of drug-likeness (QED) is 0.169. The van der Waals surface area contributed by atoms with E-state index in [0.717, 1.165) is 22.8 Å². The topological polar surface area (TPSA) is 106 Å². The van der Waals surface area contributed by atoms with Gasteiger partial charge in [-0.15, -0.1) is 0 Å². The molecule has 0 spiro atoms. The molecule has 0 saturated heterocycles. The normalized spacial score (nSPS) is 11.0. The van der Waals surface area contributed by atoms with Gasteiger partial charge in [0, 0.05) is 11.5 Å². The van der Waals surface area contributed by atoms with Crippen LogP contribution in [-0.2, 0) is 4.79 Å². The number of amides is 1. The zero-order chi connectivity index (χ0) is 24.5. The maximum absolute atomic E-state index is 12.5. The first kappa shape index (κ1) is 25.4. The van der Waals surface area contributed by atoms with Gasteiger partial charge in [-0.25, -0.2) is 0 Å². The number of thioether (sulfide) groups is 1. The van der Waals surface area contributed by atoms with Crippen molar-refractivity contribution in [2.45, 2.75) is 12.1 Å². The number of rotatable bonds is 10. The molecule has 0 aliphatic carbocycles. The first-order chi connectivity index (χ1) is 16.4. The Morgan fingerprint density at radius 3 is 2.71 bits per heavy atom. The molecule has 1 N–H and O–H groups in total. The summed E-state index contributed by atoms with van der Waals surface area (Å²) in [6, 6.07) is 12.8. The summed E-state index contributed by atoms with van der Waals surface area (Å²) in [5.41, 5.74) is 1.40. The summed E-state index contributed by atoms with van der Waals surface area (Å²) < 4.78 is 21.0. The molecule has 0 aliphatic rings. The number of carbonyl (C=O) groups is 1. The van der Waals surface area contributed by atoms with Crippen LogP contribution in [0.2, 0.25) is 5.02 Å². The SMILES string of the molecule is COc1cc(/C=C(/C#N)C(=O)Nc2nc(SC)ns2)cc(Cl)c1OCCOc1ccccc1C. The average molecular weight is 517 g/mol. The molecule has 0 aliphatic heterocycles. The molecule has 8 nitrogen and oxygen atoms in total. The predicted octanol–water partition coefficient (Wildman–Crippen LogP) is 5.23. The van der Waals surface area contributed by atoms with Crippen LogP contribution in [-0.4, -0.2) is 41.8 Å². The third-order valence-electron chi connectivity index (χ3n) is 4.42. The van der Waals surface area contributed by atoms with E-state index in [0.29, 0.717) is 34.0 Å². The number of hydrogen-bond donors (Lipinski definition) is 1. The van der Waals surface area contributed by atoms with Crippen molar-refractivity contribution in [1.29, 1.82) is 5.26 Å². The zero-order valence-electron chi connectivity index (χ0n) is 18.6. The van der Waals surface area contributed by atoms with Crippen molar-refractivity contribution < 1.29 is 19.0 Å². The number of hydrogen-bond acceptors (Lipinski definition) is 9. The van der Waals surface area contributed by atoms with Gasteiger partial charge in [0.1, 0.15) is 30.6 Å². The molecule has 2 aromatic carbocycles. The van der Waals surface area contributed by atoms with E-state index in [-0.39, 0.29) is 17.2 Å². The van der Waals surface area contributed by atoms with Gasteiger partial charge in [-0.2, -0.15) is 14.6 Å². The molecule has 3 rings (SSSR count). The van der Waals surface area contributed by atoms with Gasteiger partial charge in [0.05, 0.1) is 12.1 Å². The maximum atomic E-state index is 12.5. The number of nitrogens with zero attached hydrogens (tertiary/aromatic N) is 3.